The molecule has 0 aromatic heterocycles. The summed E-state index contributed by atoms with van der Waals surface area (Å²) < 4.78 is 23.1. The van der Waals surface area contributed by atoms with Gasteiger partial charge < -0.3 is 28.5 Å². The van der Waals surface area contributed by atoms with Crippen LogP contribution in [0, 0.1) is 0 Å². The Morgan fingerprint density at radius 1 is 0.286 bits per heavy atom. The number of esters is 2. The summed E-state index contributed by atoms with van der Waals surface area (Å²) in [7, 11) is 6.00. The number of hydrogen-bond acceptors (Lipinski definition) is 7. The van der Waals surface area contributed by atoms with Gasteiger partial charge >= 0.3 is 17.9 Å². The maximum atomic E-state index is 13.0. The number of allylic oxidation sites excluding steroid dienone is 22. The Labute approximate surface area is 650 Å². The fraction of sp³-hybridized carbons (Fsp3) is 0.740. The van der Waals surface area contributed by atoms with Crippen LogP contribution >= 0.6 is 0 Å². The fourth-order valence-corrected chi connectivity index (χ4v) is 12.8. The Bertz CT molecular complexity index is 2200. The number of unbranched alkanes of at least 4 members (excludes halogenated alkanes) is 45. The summed E-state index contributed by atoms with van der Waals surface area (Å²) in [6, 6.07) is 0. The molecule has 0 amide bonds. The van der Waals surface area contributed by atoms with Gasteiger partial charge in [-0.05, 0) is 109 Å². The van der Waals surface area contributed by atoms with Gasteiger partial charge in [-0.1, -0.05) is 411 Å². The minimum absolute atomic E-state index is 0.181. The zero-order valence-corrected chi connectivity index (χ0v) is 69.4. The van der Waals surface area contributed by atoms with Crippen molar-refractivity contribution in [1.29, 1.82) is 0 Å². The number of carboxylic acid groups (broad SMARTS) is 1. The van der Waals surface area contributed by atoms with E-state index in [2.05, 4.69) is 148 Å². The second kappa shape index (κ2) is 85.0. The highest BCUT2D eigenvalue weighted by Crippen LogP contribution is 2.20. The Balaban J connectivity index is 3.94. The van der Waals surface area contributed by atoms with Gasteiger partial charge in [0.15, 0.2) is 6.10 Å². The average Bonchev–Trinajstić information content (AvgIpc) is 1.97. The molecule has 2 atom stereocenters. The third kappa shape index (κ3) is 86.5. The molecule has 0 bridgehead atoms. The first-order chi connectivity index (χ1) is 51.6. The van der Waals surface area contributed by atoms with Crippen LogP contribution in [0.5, 0.6) is 0 Å². The van der Waals surface area contributed by atoms with Crippen molar-refractivity contribution in [3.05, 3.63) is 134 Å². The quantitative estimate of drug-likeness (QED) is 0.0211. The van der Waals surface area contributed by atoms with E-state index in [1.807, 2.05) is 21.1 Å². The van der Waals surface area contributed by atoms with Crippen molar-refractivity contribution in [2.45, 2.75) is 411 Å². The molecule has 0 saturated carbocycles. The number of carbonyl (C=O) groups excluding carboxylic acids is 2. The van der Waals surface area contributed by atoms with E-state index in [1.54, 1.807) is 0 Å². The first kappa shape index (κ1) is 100. The molecular weight excluding hydrogens is 1300 g/mol. The van der Waals surface area contributed by atoms with Crippen LogP contribution in [0.15, 0.2) is 134 Å². The van der Waals surface area contributed by atoms with Gasteiger partial charge in [0.25, 0.3) is 6.29 Å². The molecule has 0 aliphatic rings. The molecule has 9 heteroatoms. The molecule has 105 heavy (non-hydrogen) atoms. The van der Waals surface area contributed by atoms with Crippen LogP contribution in [-0.4, -0.2) is 87.4 Å². The molecule has 9 nitrogen and oxygen atoms in total. The van der Waals surface area contributed by atoms with E-state index >= 15 is 0 Å². The number of carbonyl (C=O) groups is 3. The standard InChI is InChI=1S/C96H167NO8/c1-6-8-10-12-14-16-18-20-22-24-26-28-30-32-34-36-38-40-42-44-46-47-49-50-52-54-56-58-60-62-64-66-68-70-72-74-76-78-80-82-84-86-93(98)103-90-92(91-104-96(95(100)101)102-89-88-97(3,4)5)105-94(99)87-85-83-81-79-77-75-73-71-69-67-65-63-61-59-57-55-53-51-48-45-43-41-39-37-35-33-31-29-27-25-23-21-19-17-15-13-11-9-7-2/h8-11,14-17,20-23,26-29,33,35,39,41,45,48,92,96H,6-7,12-13,18-19,24-25,30-32,34,36-38,40,42-44,46-47,49-91H2,1-5H3/p+1/b10-8-,11-9-,16-14-,17-15-,22-20-,23-21-,28-26-,29-27-,35-33-,41-39-,48-45-. The van der Waals surface area contributed by atoms with Crippen LogP contribution in [0.1, 0.15) is 399 Å². The number of carboxylic acids is 1. The first-order valence-corrected chi connectivity index (χ1v) is 44.3. The van der Waals surface area contributed by atoms with E-state index in [9.17, 15) is 19.5 Å². The number of ether oxygens (including phenoxy) is 4. The third-order valence-corrected chi connectivity index (χ3v) is 19.4. The van der Waals surface area contributed by atoms with Crippen molar-refractivity contribution in [1.82, 2.24) is 0 Å². The minimum Gasteiger partial charge on any atom is -0.477 e. The van der Waals surface area contributed by atoms with Gasteiger partial charge in [0, 0.05) is 12.8 Å². The first-order valence-electron chi connectivity index (χ1n) is 44.3. The van der Waals surface area contributed by atoms with Crippen LogP contribution in [0.25, 0.3) is 0 Å². The second-order valence-electron chi connectivity index (χ2n) is 30.8. The summed E-state index contributed by atoms with van der Waals surface area (Å²) in [5, 5.41) is 9.80. The highest BCUT2D eigenvalue weighted by molar-refractivity contribution is 5.71. The zero-order chi connectivity index (χ0) is 76.0. The summed E-state index contributed by atoms with van der Waals surface area (Å²) in [6.07, 6.45) is 121. The van der Waals surface area contributed by atoms with Crippen LogP contribution in [0.3, 0.4) is 0 Å². The number of quaternary nitrogens is 1. The molecule has 2 unspecified atom stereocenters. The summed E-state index contributed by atoms with van der Waals surface area (Å²) in [5.41, 5.74) is 0. The lowest BCUT2D eigenvalue weighted by molar-refractivity contribution is -0.870. The Morgan fingerprint density at radius 3 is 0.762 bits per heavy atom. The van der Waals surface area contributed by atoms with E-state index in [0.29, 0.717) is 17.4 Å². The maximum absolute atomic E-state index is 13.0. The van der Waals surface area contributed by atoms with E-state index in [-0.39, 0.29) is 38.2 Å². The van der Waals surface area contributed by atoms with Gasteiger partial charge in [-0.25, -0.2) is 4.79 Å². The molecule has 0 fully saturated rings. The molecule has 0 heterocycles. The normalized spacial score (nSPS) is 13.3. The molecule has 0 saturated heterocycles. The lowest BCUT2D eigenvalue weighted by Crippen LogP contribution is -2.40. The van der Waals surface area contributed by atoms with Gasteiger partial charge in [0.2, 0.25) is 0 Å². The molecule has 0 aromatic carbocycles. The number of nitrogens with zero attached hydrogens (tertiary/aromatic N) is 1. The summed E-state index contributed by atoms with van der Waals surface area (Å²) in [6.45, 7) is 4.70. The third-order valence-electron chi connectivity index (χ3n) is 19.4. The number of rotatable bonds is 82. The highest BCUT2D eigenvalue weighted by Gasteiger charge is 2.25. The van der Waals surface area contributed by atoms with Crippen LogP contribution < -0.4 is 0 Å². The van der Waals surface area contributed by atoms with E-state index < -0.39 is 18.4 Å². The Morgan fingerprint density at radius 2 is 0.514 bits per heavy atom. The van der Waals surface area contributed by atoms with Gasteiger partial charge in [-0.15, -0.1) is 0 Å². The largest absolute Gasteiger partial charge is 0.477 e. The molecule has 0 aromatic rings. The van der Waals surface area contributed by atoms with Crippen molar-refractivity contribution in [2.75, 3.05) is 47.5 Å². The Kier molecular flexibility index (Phi) is 81.3. The molecular formula is C96H168NO8+. The van der Waals surface area contributed by atoms with Crippen LogP contribution in [0.2, 0.25) is 0 Å². The number of hydrogen-bond donors (Lipinski definition) is 1. The molecule has 0 aliphatic carbocycles. The van der Waals surface area contributed by atoms with Gasteiger partial charge in [0.05, 0.1) is 34.4 Å². The predicted molar refractivity (Wildman–Crippen MR) is 456 cm³/mol. The van der Waals surface area contributed by atoms with E-state index in [0.717, 1.165) is 109 Å². The Hall–Kier alpha value is -4.57. The lowest BCUT2D eigenvalue weighted by Gasteiger charge is -2.25. The van der Waals surface area contributed by atoms with E-state index in [1.165, 1.54) is 263 Å². The molecule has 0 spiro atoms. The molecule has 0 rings (SSSR count). The predicted octanol–water partition coefficient (Wildman–Crippen LogP) is 29.2. The molecule has 0 radical (unpaired) electrons. The topological polar surface area (TPSA) is 108 Å². The monoisotopic (exact) mass is 1460 g/mol. The summed E-state index contributed by atoms with van der Waals surface area (Å²) in [5.74, 6) is -1.98. The molecule has 0 aliphatic heterocycles. The van der Waals surface area contributed by atoms with Crippen molar-refractivity contribution < 1.29 is 42.9 Å². The van der Waals surface area contributed by atoms with Crippen molar-refractivity contribution in [3.8, 4) is 0 Å². The number of aliphatic carboxylic acids is 1. The highest BCUT2D eigenvalue weighted by atomic mass is 16.7. The van der Waals surface area contributed by atoms with Gasteiger partial charge in [-0.2, -0.15) is 0 Å². The lowest BCUT2D eigenvalue weighted by atomic mass is 10.0. The SMILES string of the molecule is CC/C=C\C/C=C\C/C=C\C/C=C\C/C=C\C/C=C\C/C=C\CCCCCCCCCCCCCCCCCCCC(=O)OC(COC(=O)CCCCCCCCCCCCCCCCCCCCCCCCCCCCCC/C=C\C/C=C\C/C=C\C/C=C\CC)COC(OCC[N+](C)(C)C)C(=O)O. The van der Waals surface area contributed by atoms with Gasteiger partial charge in [-0.3, -0.25) is 9.59 Å². The van der Waals surface area contributed by atoms with E-state index in [4.69, 9.17) is 18.9 Å². The maximum Gasteiger partial charge on any atom is 0.361 e. The minimum atomic E-state index is -1.51. The zero-order valence-electron chi connectivity index (χ0n) is 69.4. The van der Waals surface area contributed by atoms with Crippen molar-refractivity contribution in [3.63, 3.8) is 0 Å². The summed E-state index contributed by atoms with van der Waals surface area (Å²) in [4.78, 5) is 37.8. The van der Waals surface area contributed by atoms with Crippen LogP contribution in [0.4, 0.5) is 0 Å². The van der Waals surface area contributed by atoms with Crippen molar-refractivity contribution in [2.24, 2.45) is 0 Å². The fourth-order valence-electron chi connectivity index (χ4n) is 12.8. The van der Waals surface area contributed by atoms with Gasteiger partial charge in [0.1, 0.15) is 13.2 Å². The molecule has 604 valence electrons. The second-order valence-corrected chi connectivity index (χ2v) is 30.8. The number of likely N-dealkylation sites (N-methyl/N-ethyl adjacent to an activating group) is 1. The van der Waals surface area contributed by atoms with Crippen LogP contribution in [-0.2, 0) is 33.3 Å². The smallest absolute Gasteiger partial charge is 0.361 e. The average molecular weight is 1460 g/mol. The molecule has 1 N–H and O–H groups in total. The van der Waals surface area contributed by atoms with Crippen molar-refractivity contribution >= 4 is 17.9 Å². The summed E-state index contributed by atoms with van der Waals surface area (Å²) >= 11 is 0.